The van der Waals surface area contributed by atoms with Gasteiger partial charge in [0.1, 0.15) is 11.3 Å². The molecule has 0 aliphatic carbocycles. The van der Waals surface area contributed by atoms with E-state index in [9.17, 15) is 14.7 Å². The third-order valence-electron chi connectivity index (χ3n) is 6.72. The third-order valence-corrected chi connectivity index (χ3v) is 6.72. The van der Waals surface area contributed by atoms with Crippen LogP contribution in [0.4, 0.5) is 0 Å². The van der Waals surface area contributed by atoms with Crippen molar-refractivity contribution in [2.75, 3.05) is 13.3 Å². The van der Waals surface area contributed by atoms with E-state index in [0.717, 1.165) is 10.9 Å². The molecular weight excluding hydrogens is 472 g/mol. The summed E-state index contributed by atoms with van der Waals surface area (Å²) in [5, 5.41) is 15.3. The van der Waals surface area contributed by atoms with Crippen molar-refractivity contribution in [3.8, 4) is 17.2 Å². The zero-order valence-corrected chi connectivity index (χ0v) is 19.8. The predicted octanol–water partition coefficient (Wildman–Crippen LogP) is 4.52. The lowest BCUT2D eigenvalue weighted by Crippen LogP contribution is -2.29. The van der Waals surface area contributed by atoms with Crippen LogP contribution in [-0.4, -0.2) is 28.9 Å². The number of nitrogens with one attached hydrogen (secondary N) is 1. The zero-order chi connectivity index (χ0) is 25.4. The van der Waals surface area contributed by atoms with Gasteiger partial charge >= 0.3 is 0 Å². The maximum absolute atomic E-state index is 13.4. The molecule has 37 heavy (non-hydrogen) atoms. The fourth-order valence-corrected chi connectivity index (χ4v) is 4.86. The van der Waals surface area contributed by atoms with Gasteiger partial charge in [-0.1, -0.05) is 30.3 Å². The monoisotopic (exact) mass is 496 g/mol. The molecule has 6 rings (SSSR count). The first-order valence-corrected chi connectivity index (χ1v) is 12.0. The summed E-state index contributed by atoms with van der Waals surface area (Å²) in [5.74, 6) is -0.251. The second kappa shape index (κ2) is 9.39. The number of aromatic nitrogens is 1. The summed E-state index contributed by atoms with van der Waals surface area (Å²) in [6.07, 6.45) is 3.30. The number of amides is 1. The van der Waals surface area contributed by atoms with Gasteiger partial charge in [0, 0.05) is 54.3 Å². The van der Waals surface area contributed by atoms with Crippen LogP contribution in [0.1, 0.15) is 23.5 Å². The van der Waals surface area contributed by atoms with Crippen LogP contribution in [0.5, 0.6) is 17.2 Å². The van der Waals surface area contributed by atoms with Gasteiger partial charge < -0.3 is 28.9 Å². The highest BCUT2D eigenvalue weighted by Crippen LogP contribution is 2.42. The number of hydrogen-bond acceptors (Lipinski definition) is 6. The molecule has 0 saturated carbocycles. The molecule has 0 bridgehead atoms. The minimum Gasteiger partial charge on any atom is -0.508 e. The highest BCUT2D eigenvalue weighted by molar-refractivity contribution is 5.81. The van der Waals surface area contributed by atoms with Gasteiger partial charge in [-0.05, 0) is 35.7 Å². The van der Waals surface area contributed by atoms with Crippen LogP contribution in [0.15, 0.2) is 88.4 Å². The fraction of sp³-hybridized carbons (Fsp3) is 0.172. The van der Waals surface area contributed by atoms with Crippen LogP contribution in [0, 0.1) is 0 Å². The molecule has 1 aliphatic rings. The molecule has 8 heteroatoms. The Labute approximate surface area is 211 Å². The Balaban J connectivity index is 1.29. The van der Waals surface area contributed by atoms with Crippen molar-refractivity contribution in [1.29, 1.82) is 0 Å². The summed E-state index contributed by atoms with van der Waals surface area (Å²) in [4.78, 5) is 26.6. The molecule has 2 aromatic heterocycles. The zero-order valence-electron chi connectivity index (χ0n) is 19.8. The molecule has 5 aromatic rings. The number of ether oxygens (including phenoxy) is 2. The Morgan fingerprint density at radius 3 is 2.68 bits per heavy atom. The summed E-state index contributed by atoms with van der Waals surface area (Å²) in [6.45, 7) is 1.04. The van der Waals surface area contributed by atoms with Gasteiger partial charge in [-0.3, -0.25) is 9.59 Å². The van der Waals surface area contributed by atoms with E-state index in [4.69, 9.17) is 13.9 Å². The van der Waals surface area contributed by atoms with Crippen molar-refractivity contribution in [2.45, 2.75) is 18.9 Å². The molecule has 3 aromatic carbocycles. The molecule has 3 heterocycles. The number of aromatic hydroxyl groups is 1. The molecule has 8 nitrogen and oxygen atoms in total. The molecular formula is C29H24N2O6. The Morgan fingerprint density at radius 1 is 1.00 bits per heavy atom. The topological polar surface area (TPSA) is 103 Å². The summed E-state index contributed by atoms with van der Waals surface area (Å²) < 4.78 is 18.7. The van der Waals surface area contributed by atoms with Gasteiger partial charge in [-0.2, -0.15) is 0 Å². The number of nitrogens with zero attached hydrogens (tertiary/aromatic N) is 1. The molecule has 1 amide bonds. The first-order chi connectivity index (χ1) is 18.1. The molecule has 0 unspecified atom stereocenters. The average molecular weight is 497 g/mol. The second-order valence-electron chi connectivity index (χ2n) is 8.96. The predicted molar refractivity (Wildman–Crippen MR) is 138 cm³/mol. The van der Waals surface area contributed by atoms with Crippen LogP contribution in [-0.2, 0) is 11.3 Å². The third kappa shape index (κ3) is 4.27. The quantitative estimate of drug-likeness (QED) is 0.344. The Kier molecular flexibility index (Phi) is 5.76. The van der Waals surface area contributed by atoms with Crippen molar-refractivity contribution < 1.29 is 23.8 Å². The van der Waals surface area contributed by atoms with E-state index in [2.05, 4.69) is 9.88 Å². The highest BCUT2D eigenvalue weighted by atomic mass is 16.7. The van der Waals surface area contributed by atoms with Crippen LogP contribution < -0.4 is 20.2 Å². The normalized spacial score (nSPS) is 13.2. The van der Waals surface area contributed by atoms with Gasteiger partial charge in [0.2, 0.25) is 12.7 Å². The van der Waals surface area contributed by atoms with E-state index in [1.54, 1.807) is 30.3 Å². The summed E-state index contributed by atoms with van der Waals surface area (Å²) in [7, 11) is 0. The van der Waals surface area contributed by atoms with Crippen molar-refractivity contribution in [2.24, 2.45) is 0 Å². The minimum absolute atomic E-state index is 0.0373. The fourth-order valence-electron chi connectivity index (χ4n) is 4.86. The highest BCUT2D eigenvalue weighted by Gasteiger charge is 2.28. The number of phenols is 1. The van der Waals surface area contributed by atoms with Crippen molar-refractivity contribution >= 4 is 27.8 Å². The summed E-state index contributed by atoms with van der Waals surface area (Å²) >= 11 is 0. The standard InChI is InChI=1S/C29H24N2O6/c32-24-15-27-26(36-17-37-27)13-21(24)20(22-16-35-25-8-4-2-6-19(25)29(22)34)14-28(33)30-10-12-31-11-9-18-5-1-3-7-23(18)31/h1-9,11,13,15-16,20,32H,10,12,14,17H2,(H,30,33)/t20-/m0/s1. The average Bonchev–Trinajstić information content (AvgIpc) is 3.54. The van der Waals surface area contributed by atoms with Gasteiger partial charge in [0.05, 0.1) is 11.6 Å². The van der Waals surface area contributed by atoms with Gasteiger partial charge in [-0.25, -0.2) is 0 Å². The molecule has 2 N–H and O–H groups in total. The van der Waals surface area contributed by atoms with Gasteiger partial charge in [-0.15, -0.1) is 0 Å². The molecule has 0 spiro atoms. The van der Waals surface area contributed by atoms with Crippen LogP contribution in [0.2, 0.25) is 0 Å². The number of benzene rings is 3. The second-order valence-corrected chi connectivity index (χ2v) is 8.96. The van der Waals surface area contributed by atoms with Crippen molar-refractivity contribution in [3.05, 3.63) is 101 Å². The van der Waals surface area contributed by atoms with E-state index < -0.39 is 5.92 Å². The number of para-hydroxylation sites is 2. The summed E-state index contributed by atoms with van der Waals surface area (Å²) in [5.41, 5.74) is 1.95. The molecule has 0 saturated heterocycles. The number of carbonyl (C=O) groups is 1. The molecule has 1 atom stereocenters. The molecule has 186 valence electrons. The largest absolute Gasteiger partial charge is 0.508 e. The lowest BCUT2D eigenvalue weighted by Gasteiger charge is -2.19. The Bertz CT molecular complexity index is 1690. The first-order valence-electron chi connectivity index (χ1n) is 12.0. The number of fused-ring (bicyclic) bond motifs is 3. The van der Waals surface area contributed by atoms with E-state index in [1.165, 1.54) is 12.3 Å². The van der Waals surface area contributed by atoms with E-state index >= 15 is 0 Å². The molecule has 0 radical (unpaired) electrons. The number of phenolic OH excluding ortho intramolecular Hbond substituents is 1. The van der Waals surface area contributed by atoms with Crippen molar-refractivity contribution in [1.82, 2.24) is 9.88 Å². The van der Waals surface area contributed by atoms with Gasteiger partial charge in [0.15, 0.2) is 16.9 Å². The number of rotatable bonds is 7. The lowest BCUT2D eigenvalue weighted by atomic mass is 9.87. The Hall–Kier alpha value is -4.72. The van der Waals surface area contributed by atoms with E-state index in [1.807, 2.05) is 36.5 Å². The lowest BCUT2D eigenvalue weighted by molar-refractivity contribution is -0.121. The number of carbonyl (C=O) groups excluding carboxylic acids is 1. The van der Waals surface area contributed by atoms with Crippen LogP contribution >= 0.6 is 0 Å². The first kappa shape index (κ1) is 22.7. The van der Waals surface area contributed by atoms with E-state index in [-0.39, 0.29) is 35.9 Å². The maximum Gasteiger partial charge on any atom is 0.231 e. The molecule has 1 aliphatic heterocycles. The van der Waals surface area contributed by atoms with Crippen LogP contribution in [0.3, 0.4) is 0 Å². The SMILES string of the molecule is O=C(C[C@@H](c1cc2c(cc1O)OCO2)c1coc2ccccc2c1=O)NCCn1ccc2ccccc21. The van der Waals surface area contributed by atoms with Crippen LogP contribution in [0.25, 0.3) is 21.9 Å². The minimum atomic E-state index is -0.761. The smallest absolute Gasteiger partial charge is 0.231 e. The Morgan fingerprint density at radius 2 is 1.78 bits per heavy atom. The van der Waals surface area contributed by atoms with E-state index in [0.29, 0.717) is 41.1 Å². The maximum atomic E-state index is 13.4. The number of hydrogen-bond donors (Lipinski definition) is 2. The van der Waals surface area contributed by atoms with Crippen molar-refractivity contribution in [3.63, 3.8) is 0 Å². The molecule has 0 fully saturated rings. The van der Waals surface area contributed by atoms with Gasteiger partial charge in [0.25, 0.3) is 0 Å². The summed E-state index contributed by atoms with van der Waals surface area (Å²) in [6, 6.07) is 20.1.